The fourth-order valence-corrected chi connectivity index (χ4v) is 5.72. The molecule has 7 heteroatoms. The van der Waals surface area contributed by atoms with Crippen molar-refractivity contribution in [3.63, 3.8) is 0 Å². The summed E-state index contributed by atoms with van der Waals surface area (Å²) in [6.07, 6.45) is 2.50. The quantitative estimate of drug-likeness (QED) is 0.676. The van der Waals surface area contributed by atoms with Gasteiger partial charge in [-0.05, 0) is 47.9 Å². The Balaban J connectivity index is 1.15. The highest BCUT2D eigenvalue weighted by Gasteiger charge is 2.47. The third kappa shape index (κ3) is 4.04. The molecule has 2 N–H and O–H groups in total. The molecule has 1 saturated heterocycles. The molecule has 7 nitrogen and oxygen atoms in total. The van der Waals surface area contributed by atoms with E-state index in [1.54, 1.807) is 11.8 Å². The maximum atomic E-state index is 12.7. The van der Waals surface area contributed by atoms with E-state index in [4.69, 9.17) is 4.74 Å². The van der Waals surface area contributed by atoms with Crippen molar-refractivity contribution < 1.29 is 24.2 Å². The molecular formula is C27H30N2O5. The number of nitrogens with zero attached hydrogens (tertiary/aromatic N) is 1. The monoisotopic (exact) mass is 462 g/mol. The third-order valence-corrected chi connectivity index (χ3v) is 7.69. The number of carboxylic acid groups (broad SMARTS) is 1. The molecule has 34 heavy (non-hydrogen) atoms. The van der Waals surface area contributed by atoms with Gasteiger partial charge in [-0.2, -0.15) is 0 Å². The van der Waals surface area contributed by atoms with Crippen LogP contribution in [0.15, 0.2) is 48.5 Å². The maximum absolute atomic E-state index is 12.7. The second-order valence-electron chi connectivity index (χ2n) is 10.1. The molecule has 2 amide bonds. The first-order valence-corrected chi connectivity index (χ1v) is 12.0. The van der Waals surface area contributed by atoms with E-state index >= 15 is 0 Å². The first kappa shape index (κ1) is 22.4. The van der Waals surface area contributed by atoms with Crippen LogP contribution in [0.25, 0.3) is 11.1 Å². The van der Waals surface area contributed by atoms with Gasteiger partial charge in [0.1, 0.15) is 6.61 Å². The van der Waals surface area contributed by atoms with Gasteiger partial charge < -0.3 is 20.1 Å². The van der Waals surface area contributed by atoms with Crippen molar-refractivity contribution in [2.45, 2.75) is 44.6 Å². The number of aliphatic carboxylic acids is 1. The van der Waals surface area contributed by atoms with Crippen molar-refractivity contribution in [3.05, 3.63) is 59.7 Å². The number of hydrogen-bond donors (Lipinski definition) is 2. The van der Waals surface area contributed by atoms with Crippen molar-refractivity contribution in [2.24, 2.45) is 11.3 Å². The second-order valence-corrected chi connectivity index (χ2v) is 10.1. The van der Waals surface area contributed by atoms with Crippen LogP contribution in [0.4, 0.5) is 4.79 Å². The molecule has 2 fully saturated rings. The molecule has 2 atom stereocenters. The van der Waals surface area contributed by atoms with Crippen LogP contribution in [-0.4, -0.2) is 53.7 Å². The van der Waals surface area contributed by atoms with Crippen LogP contribution in [0, 0.1) is 11.3 Å². The summed E-state index contributed by atoms with van der Waals surface area (Å²) < 4.78 is 5.68. The summed E-state index contributed by atoms with van der Waals surface area (Å²) in [5, 5.41) is 12.2. The van der Waals surface area contributed by atoms with Crippen molar-refractivity contribution in [1.29, 1.82) is 0 Å². The van der Waals surface area contributed by atoms with Crippen LogP contribution in [0.1, 0.15) is 49.7 Å². The molecule has 1 heterocycles. The van der Waals surface area contributed by atoms with Crippen LogP contribution in [-0.2, 0) is 14.3 Å². The van der Waals surface area contributed by atoms with E-state index in [0.717, 1.165) is 19.3 Å². The molecule has 2 aliphatic carbocycles. The van der Waals surface area contributed by atoms with Gasteiger partial charge in [0.25, 0.3) is 0 Å². The number of hydrogen-bond acceptors (Lipinski definition) is 4. The Labute approximate surface area is 199 Å². The molecule has 0 radical (unpaired) electrons. The van der Waals surface area contributed by atoms with Crippen molar-refractivity contribution in [2.75, 3.05) is 19.7 Å². The van der Waals surface area contributed by atoms with E-state index < -0.39 is 17.5 Å². The summed E-state index contributed by atoms with van der Waals surface area (Å²) >= 11 is 0. The maximum Gasteiger partial charge on any atom is 0.407 e. The Morgan fingerprint density at radius 1 is 1.03 bits per heavy atom. The predicted octanol–water partition coefficient (Wildman–Crippen LogP) is 4.02. The number of carbonyl (C=O) groups excluding carboxylic acids is 2. The number of rotatable bonds is 6. The lowest BCUT2D eigenvalue weighted by molar-refractivity contribution is -0.164. The minimum absolute atomic E-state index is 0.00839. The SMILES string of the molecule is CC1(C(=O)O)CN(C(=O)CC2CCCC2NC(=O)OCC2c3ccccc3-c3ccccc32)C1. The van der Waals surface area contributed by atoms with Crippen LogP contribution in [0.2, 0.25) is 0 Å². The fraction of sp³-hybridized carbons (Fsp3) is 0.444. The summed E-state index contributed by atoms with van der Waals surface area (Å²) in [7, 11) is 0. The van der Waals surface area contributed by atoms with Gasteiger partial charge in [0.2, 0.25) is 5.91 Å². The van der Waals surface area contributed by atoms with Gasteiger partial charge in [0.05, 0.1) is 5.41 Å². The Kier molecular flexibility index (Phi) is 5.80. The summed E-state index contributed by atoms with van der Waals surface area (Å²) in [5.74, 6) is -0.851. The molecule has 5 rings (SSSR count). The van der Waals surface area contributed by atoms with E-state index in [2.05, 4.69) is 29.6 Å². The topological polar surface area (TPSA) is 95.9 Å². The second kappa shape index (κ2) is 8.78. The first-order chi connectivity index (χ1) is 16.4. The Morgan fingerprint density at radius 2 is 1.65 bits per heavy atom. The predicted molar refractivity (Wildman–Crippen MR) is 126 cm³/mol. The highest BCUT2D eigenvalue weighted by Crippen LogP contribution is 2.44. The molecule has 2 unspecified atom stereocenters. The highest BCUT2D eigenvalue weighted by atomic mass is 16.5. The lowest BCUT2D eigenvalue weighted by Gasteiger charge is -2.45. The van der Waals surface area contributed by atoms with Gasteiger partial charge in [0, 0.05) is 31.5 Å². The zero-order valence-corrected chi connectivity index (χ0v) is 19.3. The van der Waals surface area contributed by atoms with E-state index in [1.165, 1.54) is 22.3 Å². The van der Waals surface area contributed by atoms with Crippen LogP contribution < -0.4 is 5.32 Å². The summed E-state index contributed by atoms with van der Waals surface area (Å²) in [6.45, 7) is 2.42. The smallest absolute Gasteiger partial charge is 0.407 e. The minimum Gasteiger partial charge on any atom is -0.481 e. The van der Waals surface area contributed by atoms with Crippen LogP contribution in [0.5, 0.6) is 0 Å². The molecular weight excluding hydrogens is 432 g/mol. The van der Waals surface area contributed by atoms with Gasteiger partial charge in [-0.3, -0.25) is 9.59 Å². The molecule has 2 aromatic carbocycles. The molecule has 0 bridgehead atoms. The number of nitrogens with one attached hydrogen (secondary N) is 1. The zero-order chi connectivity index (χ0) is 23.9. The average molecular weight is 463 g/mol. The fourth-order valence-electron chi connectivity index (χ4n) is 5.72. The minimum atomic E-state index is -0.868. The Hall–Kier alpha value is -3.35. The standard InChI is InChI=1S/C27H30N2O5/c1-27(25(31)32)15-29(16-27)24(30)13-17-7-6-12-23(17)28-26(33)34-14-22-20-10-4-2-8-18(20)19-9-3-5-11-21(19)22/h2-5,8-11,17,22-23H,6-7,12-16H2,1H3,(H,28,33)(H,31,32). The highest BCUT2D eigenvalue weighted by molar-refractivity contribution is 5.83. The van der Waals surface area contributed by atoms with E-state index in [9.17, 15) is 19.5 Å². The molecule has 2 aromatic rings. The van der Waals surface area contributed by atoms with E-state index in [0.29, 0.717) is 6.42 Å². The molecule has 0 spiro atoms. The molecule has 3 aliphatic rings. The lowest BCUT2D eigenvalue weighted by Crippen LogP contribution is -2.60. The number of ether oxygens (including phenoxy) is 1. The third-order valence-electron chi connectivity index (χ3n) is 7.69. The van der Waals surface area contributed by atoms with Gasteiger partial charge in [-0.25, -0.2) is 4.79 Å². The molecule has 0 aromatic heterocycles. The number of carbonyl (C=O) groups is 3. The summed E-state index contributed by atoms with van der Waals surface area (Å²) in [4.78, 5) is 38.2. The number of alkyl carbamates (subject to hydrolysis) is 1. The number of fused-ring (bicyclic) bond motifs is 3. The van der Waals surface area contributed by atoms with E-state index in [1.807, 2.05) is 24.3 Å². The zero-order valence-electron chi connectivity index (χ0n) is 19.3. The lowest BCUT2D eigenvalue weighted by atomic mass is 9.81. The van der Waals surface area contributed by atoms with E-state index in [-0.39, 0.29) is 43.5 Å². The Bertz CT molecular complexity index is 1080. The van der Waals surface area contributed by atoms with Gasteiger partial charge in [-0.15, -0.1) is 0 Å². The molecule has 1 saturated carbocycles. The Morgan fingerprint density at radius 3 is 2.26 bits per heavy atom. The number of likely N-dealkylation sites (tertiary alicyclic amines) is 1. The van der Waals surface area contributed by atoms with Gasteiger partial charge in [-0.1, -0.05) is 55.0 Å². The number of benzene rings is 2. The molecule has 1 aliphatic heterocycles. The number of carboxylic acids is 1. The largest absolute Gasteiger partial charge is 0.481 e. The van der Waals surface area contributed by atoms with Crippen LogP contribution >= 0.6 is 0 Å². The first-order valence-electron chi connectivity index (χ1n) is 12.0. The van der Waals surface area contributed by atoms with Gasteiger partial charge >= 0.3 is 12.1 Å². The number of amides is 2. The average Bonchev–Trinajstić information content (AvgIpc) is 3.37. The normalized spacial score (nSPS) is 22.4. The van der Waals surface area contributed by atoms with Crippen molar-refractivity contribution >= 4 is 18.0 Å². The summed E-state index contributed by atoms with van der Waals surface area (Å²) in [6, 6.07) is 16.3. The van der Waals surface area contributed by atoms with Crippen molar-refractivity contribution in [1.82, 2.24) is 10.2 Å². The van der Waals surface area contributed by atoms with Crippen molar-refractivity contribution in [3.8, 4) is 11.1 Å². The summed E-state index contributed by atoms with van der Waals surface area (Å²) in [5.41, 5.74) is 3.87. The van der Waals surface area contributed by atoms with Gasteiger partial charge in [0.15, 0.2) is 0 Å². The molecule has 178 valence electrons. The van der Waals surface area contributed by atoms with Crippen LogP contribution in [0.3, 0.4) is 0 Å².